The fourth-order valence-corrected chi connectivity index (χ4v) is 3.14. The van der Waals surface area contributed by atoms with Crippen LogP contribution in [-0.2, 0) is 20.0 Å². The van der Waals surface area contributed by atoms with Crippen LogP contribution < -0.4 is 0 Å². The fourth-order valence-electron chi connectivity index (χ4n) is 3.14. The second-order valence-corrected chi connectivity index (χ2v) is 6.04. The van der Waals surface area contributed by atoms with Crippen LogP contribution in [0.2, 0.25) is 0 Å². The van der Waals surface area contributed by atoms with E-state index < -0.39 is 5.82 Å². The molecule has 0 bridgehead atoms. The number of benzene rings is 1. The number of hydrogen-bond acceptors (Lipinski definition) is 3. The third-order valence-electron chi connectivity index (χ3n) is 4.21. The van der Waals surface area contributed by atoms with Crippen LogP contribution in [-0.4, -0.2) is 27.8 Å². The van der Waals surface area contributed by atoms with Crippen LogP contribution in [0.25, 0.3) is 0 Å². The molecule has 0 spiro atoms. The van der Waals surface area contributed by atoms with Crippen molar-refractivity contribution in [2.75, 3.05) is 13.1 Å². The van der Waals surface area contributed by atoms with Crippen molar-refractivity contribution in [1.82, 2.24) is 14.7 Å². The van der Waals surface area contributed by atoms with Gasteiger partial charge < -0.3 is 0 Å². The summed E-state index contributed by atoms with van der Waals surface area (Å²) in [4.78, 5) is 2.35. The molecule has 0 N–H and O–H groups in total. The average molecular weight is 298 g/mol. The van der Waals surface area contributed by atoms with Crippen molar-refractivity contribution in [3.63, 3.8) is 0 Å². The molecule has 2 aromatic rings. The van der Waals surface area contributed by atoms with E-state index >= 15 is 0 Å². The summed E-state index contributed by atoms with van der Waals surface area (Å²) in [7, 11) is 1.93. The van der Waals surface area contributed by atoms with Crippen LogP contribution in [0.4, 0.5) is 4.39 Å². The molecule has 1 unspecified atom stereocenters. The predicted octanol–water partition coefficient (Wildman–Crippen LogP) is 2.50. The molecule has 0 amide bonds. The first kappa shape index (κ1) is 14.7. The highest BCUT2D eigenvalue weighted by molar-refractivity contribution is 5.33. The minimum absolute atomic E-state index is 0.111. The zero-order valence-electron chi connectivity index (χ0n) is 12.7. The smallest absolute Gasteiger partial charge is 0.141 e. The molecule has 114 valence electrons. The molecule has 1 aliphatic rings. The number of rotatable bonds is 4. The maximum Gasteiger partial charge on any atom is 0.141 e. The topological polar surface area (TPSA) is 44.9 Å². The highest BCUT2D eigenvalue weighted by Gasteiger charge is 2.23. The molecule has 0 saturated carbocycles. The van der Waals surface area contributed by atoms with E-state index in [9.17, 15) is 4.39 Å². The molecule has 1 aromatic carbocycles. The second-order valence-electron chi connectivity index (χ2n) is 6.04. The molecular weight excluding hydrogens is 279 g/mol. The monoisotopic (exact) mass is 298 g/mol. The number of likely N-dealkylation sites (tertiary alicyclic amines) is 1. The standard InChI is InChI=1S/C17H19FN4/c1-21-10-15(9-20-21)6-14-4-5-22(12-14)11-13-2-3-16(8-19)17(18)7-13/h2-3,7,9-10,14H,4-6,11-12H2,1H3. The number of halogens is 1. The summed E-state index contributed by atoms with van der Waals surface area (Å²) in [6.45, 7) is 2.80. The lowest BCUT2D eigenvalue weighted by molar-refractivity contribution is 0.316. The Morgan fingerprint density at radius 2 is 2.27 bits per heavy atom. The molecule has 5 heteroatoms. The molecule has 1 fully saturated rings. The van der Waals surface area contributed by atoms with E-state index in [-0.39, 0.29) is 5.56 Å². The Morgan fingerprint density at radius 1 is 1.41 bits per heavy atom. The molecule has 1 aliphatic heterocycles. The molecule has 22 heavy (non-hydrogen) atoms. The van der Waals surface area contributed by atoms with Gasteiger partial charge in [0.2, 0.25) is 0 Å². The van der Waals surface area contributed by atoms with Gasteiger partial charge in [-0.2, -0.15) is 10.4 Å². The Kier molecular flexibility index (Phi) is 4.21. The number of nitriles is 1. The summed E-state index contributed by atoms with van der Waals surface area (Å²) < 4.78 is 15.5. The van der Waals surface area contributed by atoms with Crippen molar-refractivity contribution < 1.29 is 4.39 Å². The molecule has 1 aromatic heterocycles. The van der Waals surface area contributed by atoms with Crippen molar-refractivity contribution in [3.05, 3.63) is 53.1 Å². The van der Waals surface area contributed by atoms with E-state index in [2.05, 4.69) is 16.2 Å². The SMILES string of the molecule is Cn1cc(CC2CCN(Cc3ccc(C#N)c(F)c3)C2)cn1. The molecular formula is C17H19FN4. The lowest BCUT2D eigenvalue weighted by Crippen LogP contribution is -2.20. The van der Waals surface area contributed by atoms with E-state index in [4.69, 9.17) is 5.26 Å². The second kappa shape index (κ2) is 6.29. The maximum absolute atomic E-state index is 13.6. The van der Waals surface area contributed by atoms with Gasteiger partial charge in [-0.1, -0.05) is 6.07 Å². The first-order chi connectivity index (χ1) is 10.6. The lowest BCUT2D eigenvalue weighted by Gasteiger charge is -2.16. The van der Waals surface area contributed by atoms with Crippen LogP contribution in [0, 0.1) is 23.1 Å². The lowest BCUT2D eigenvalue weighted by atomic mass is 10.0. The van der Waals surface area contributed by atoms with Gasteiger partial charge in [-0.3, -0.25) is 9.58 Å². The summed E-state index contributed by atoms with van der Waals surface area (Å²) in [6, 6.07) is 6.74. The Bertz CT molecular complexity index is 701. The van der Waals surface area contributed by atoms with Crippen molar-refractivity contribution in [2.45, 2.75) is 19.4 Å². The van der Waals surface area contributed by atoms with E-state index in [1.165, 1.54) is 11.6 Å². The Labute approximate surface area is 129 Å². The number of aryl methyl sites for hydroxylation is 1. The van der Waals surface area contributed by atoms with Crippen LogP contribution in [0.15, 0.2) is 30.6 Å². The Hall–Kier alpha value is -2.19. The first-order valence-corrected chi connectivity index (χ1v) is 7.52. The van der Waals surface area contributed by atoms with Crippen molar-refractivity contribution in [3.8, 4) is 6.07 Å². The van der Waals surface area contributed by atoms with Crippen LogP contribution >= 0.6 is 0 Å². The Morgan fingerprint density at radius 3 is 2.95 bits per heavy atom. The molecule has 1 saturated heterocycles. The fraction of sp³-hybridized carbons (Fsp3) is 0.412. The normalized spacial score (nSPS) is 18.5. The van der Waals surface area contributed by atoms with Gasteiger partial charge in [0.25, 0.3) is 0 Å². The molecule has 2 heterocycles. The van der Waals surface area contributed by atoms with E-state index in [0.29, 0.717) is 5.92 Å². The largest absolute Gasteiger partial charge is 0.299 e. The van der Waals surface area contributed by atoms with Crippen LogP contribution in [0.1, 0.15) is 23.1 Å². The molecule has 4 nitrogen and oxygen atoms in total. The van der Waals surface area contributed by atoms with Crippen LogP contribution in [0.5, 0.6) is 0 Å². The Balaban J connectivity index is 1.57. The van der Waals surface area contributed by atoms with Gasteiger partial charge in [0.05, 0.1) is 11.8 Å². The van der Waals surface area contributed by atoms with Crippen molar-refractivity contribution in [2.24, 2.45) is 13.0 Å². The van der Waals surface area contributed by atoms with Crippen molar-refractivity contribution >= 4 is 0 Å². The minimum Gasteiger partial charge on any atom is -0.299 e. The van der Waals surface area contributed by atoms with Crippen LogP contribution in [0.3, 0.4) is 0 Å². The number of hydrogen-bond donors (Lipinski definition) is 0. The summed E-state index contributed by atoms with van der Waals surface area (Å²) in [5.41, 5.74) is 2.32. The van der Waals surface area contributed by atoms with Crippen molar-refractivity contribution in [1.29, 1.82) is 5.26 Å². The molecule has 0 radical (unpaired) electrons. The molecule has 1 atom stereocenters. The van der Waals surface area contributed by atoms with Gasteiger partial charge >= 0.3 is 0 Å². The van der Waals surface area contributed by atoms with Gasteiger partial charge in [-0.15, -0.1) is 0 Å². The third-order valence-corrected chi connectivity index (χ3v) is 4.21. The van der Waals surface area contributed by atoms with Gasteiger partial charge in [-0.05, 0) is 48.6 Å². The van der Waals surface area contributed by atoms with Gasteiger partial charge in [0.15, 0.2) is 0 Å². The quantitative estimate of drug-likeness (QED) is 0.871. The highest BCUT2D eigenvalue weighted by Crippen LogP contribution is 2.22. The van der Waals surface area contributed by atoms with E-state index in [0.717, 1.165) is 38.0 Å². The maximum atomic E-state index is 13.6. The van der Waals surface area contributed by atoms with Gasteiger partial charge in [0.1, 0.15) is 11.9 Å². The van der Waals surface area contributed by atoms with Gasteiger partial charge in [0, 0.05) is 26.3 Å². The molecule has 3 rings (SSSR count). The highest BCUT2D eigenvalue weighted by atomic mass is 19.1. The van der Waals surface area contributed by atoms with E-state index in [1.54, 1.807) is 6.07 Å². The summed E-state index contributed by atoms with van der Waals surface area (Å²) in [6.07, 6.45) is 6.21. The zero-order chi connectivity index (χ0) is 15.5. The number of nitrogens with zero attached hydrogens (tertiary/aromatic N) is 4. The summed E-state index contributed by atoms with van der Waals surface area (Å²) in [5.74, 6) is 0.207. The summed E-state index contributed by atoms with van der Waals surface area (Å²) >= 11 is 0. The average Bonchev–Trinajstić information content (AvgIpc) is 3.09. The first-order valence-electron chi connectivity index (χ1n) is 7.52. The predicted molar refractivity (Wildman–Crippen MR) is 81.4 cm³/mol. The minimum atomic E-state index is -0.425. The van der Waals surface area contributed by atoms with E-state index in [1.807, 2.05) is 30.1 Å². The molecule has 0 aliphatic carbocycles. The number of aromatic nitrogens is 2. The summed E-state index contributed by atoms with van der Waals surface area (Å²) in [5, 5.41) is 13.0. The zero-order valence-corrected chi connectivity index (χ0v) is 12.7. The van der Waals surface area contributed by atoms with Gasteiger partial charge in [-0.25, -0.2) is 4.39 Å². The third kappa shape index (κ3) is 3.34.